The Bertz CT molecular complexity index is 728. The van der Waals surface area contributed by atoms with E-state index in [2.05, 4.69) is 54.0 Å². The van der Waals surface area contributed by atoms with Crippen LogP contribution in [0.15, 0.2) is 35.9 Å². The summed E-state index contributed by atoms with van der Waals surface area (Å²) in [4.78, 5) is 11.5. The molecule has 4 nitrogen and oxygen atoms in total. The van der Waals surface area contributed by atoms with Crippen molar-refractivity contribution in [2.24, 2.45) is 11.3 Å². The quantitative estimate of drug-likeness (QED) is 0.450. The third kappa shape index (κ3) is 6.47. The van der Waals surface area contributed by atoms with Gasteiger partial charge in [-0.1, -0.05) is 55.3 Å². The van der Waals surface area contributed by atoms with E-state index < -0.39 is 11.4 Å². The van der Waals surface area contributed by atoms with Gasteiger partial charge in [0.15, 0.2) is 0 Å². The second-order valence-corrected chi connectivity index (χ2v) is 9.47. The van der Waals surface area contributed by atoms with Crippen LogP contribution in [0.3, 0.4) is 0 Å². The molecular weight excluding hydrogens is 431 g/mol. The lowest BCUT2D eigenvalue weighted by molar-refractivity contribution is -0.154. The summed E-state index contributed by atoms with van der Waals surface area (Å²) in [6, 6.07) is 12.4. The van der Waals surface area contributed by atoms with Crippen molar-refractivity contribution in [3.63, 3.8) is 0 Å². The second kappa shape index (κ2) is 11.7. The Labute approximate surface area is 199 Å². The SMILES string of the molecule is CC/C(=C\c1ccccc1)[C@@H]1C[C@H]1N[C@H]1CC[C@H](NCC2(C(=O)O)CCC2)CC1.Cl.Cl. The van der Waals surface area contributed by atoms with E-state index in [1.165, 1.54) is 24.8 Å². The van der Waals surface area contributed by atoms with Crippen LogP contribution < -0.4 is 10.6 Å². The zero-order valence-electron chi connectivity index (χ0n) is 18.5. The molecular formula is C25H38Cl2N2O2. The molecule has 0 heterocycles. The zero-order chi connectivity index (χ0) is 20.3. The first-order valence-electron chi connectivity index (χ1n) is 11.6. The molecule has 0 radical (unpaired) electrons. The van der Waals surface area contributed by atoms with Crippen molar-refractivity contribution in [2.75, 3.05) is 6.54 Å². The van der Waals surface area contributed by atoms with Crippen molar-refractivity contribution in [3.8, 4) is 0 Å². The maximum absolute atomic E-state index is 11.5. The highest BCUT2D eigenvalue weighted by atomic mass is 35.5. The summed E-state index contributed by atoms with van der Waals surface area (Å²) in [7, 11) is 0. The summed E-state index contributed by atoms with van der Waals surface area (Å²) in [5, 5.41) is 17.0. The van der Waals surface area contributed by atoms with Crippen LogP contribution in [0.25, 0.3) is 6.08 Å². The first-order valence-corrected chi connectivity index (χ1v) is 11.6. The van der Waals surface area contributed by atoms with E-state index in [9.17, 15) is 9.90 Å². The lowest BCUT2D eigenvalue weighted by Crippen LogP contribution is -2.50. The Morgan fingerprint density at radius 2 is 1.74 bits per heavy atom. The molecule has 0 bridgehead atoms. The van der Waals surface area contributed by atoms with Crippen molar-refractivity contribution in [3.05, 3.63) is 41.5 Å². The van der Waals surface area contributed by atoms with Crippen LogP contribution >= 0.6 is 24.8 Å². The van der Waals surface area contributed by atoms with Crippen LogP contribution in [0, 0.1) is 11.3 Å². The van der Waals surface area contributed by atoms with Crippen LogP contribution in [0.2, 0.25) is 0 Å². The summed E-state index contributed by atoms with van der Waals surface area (Å²) in [6.07, 6.45) is 12.2. The average molecular weight is 469 g/mol. The van der Waals surface area contributed by atoms with Gasteiger partial charge in [-0.3, -0.25) is 4.79 Å². The Kier molecular flexibility index (Phi) is 9.88. The van der Waals surface area contributed by atoms with Crippen molar-refractivity contribution < 1.29 is 9.90 Å². The molecule has 0 aliphatic heterocycles. The normalized spacial score (nSPS) is 29.1. The minimum atomic E-state index is -0.610. The van der Waals surface area contributed by atoms with Gasteiger partial charge >= 0.3 is 5.97 Å². The van der Waals surface area contributed by atoms with Crippen LogP contribution in [-0.4, -0.2) is 35.7 Å². The molecule has 3 fully saturated rings. The molecule has 1 aromatic rings. The number of nitrogens with one attached hydrogen (secondary N) is 2. The third-order valence-corrected chi connectivity index (χ3v) is 7.50. The highest BCUT2D eigenvalue weighted by Gasteiger charge is 2.44. The Balaban J connectivity index is 0.00000171. The molecule has 0 amide bonds. The van der Waals surface area contributed by atoms with Gasteiger partial charge in [-0.05, 0) is 62.8 Å². The molecule has 3 aliphatic carbocycles. The lowest BCUT2D eigenvalue weighted by atomic mass is 9.68. The summed E-state index contributed by atoms with van der Waals surface area (Å²) >= 11 is 0. The largest absolute Gasteiger partial charge is 0.481 e. The molecule has 6 heteroatoms. The van der Waals surface area contributed by atoms with Gasteiger partial charge in [-0.25, -0.2) is 0 Å². The van der Waals surface area contributed by atoms with E-state index in [1.807, 2.05) is 0 Å². The standard InChI is InChI=1S/C25H36N2O2.2ClH/c1-2-19(15-18-7-4-3-5-8-18)22-16-23(22)27-21-11-9-20(10-12-21)26-17-25(24(28)29)13-6-14-25;;/h3-5,7-8,15,20-23,26-27H,2,6,9-14,16-17H2,1H3,(H,28,29);2*1H/b19-15+;;/t20-,21-,22-,23+;;/m0../s1. The van der Waals surface area contributed by atoms with Crippen molar-refractivity contribution in [1.29, 1.82) is 0 Å². The average Bonchev–Trinajstić information content (AvgIpc) is 3.46. The van der Waals surface area contributed by atoms with E-state index in [0.717, 1.165) is 38.5 Å². The van der Waals surface area contributed by atoms with Gasteiger partial charge in [0.05, 0.1) is 5.41 Å². The van der Waals surface area contributed by atoms with Gasteiger partial charge in [0.2, 0.25) is 0 Å². The van der Waals surface area contributed by atoms with Crippen LogP contribution in [-0.2, 0) is 4.79 Å². The first-order chi connectivity index (χ1) is 14.1. The van der Waals surface area contributed by atoms with E-state index in [4.69, 9.17) is 0 Å². The van der Waals surface area contributed by atoms with E-state index in [0.29, 0.717) is 30.6 Å². The molecule has 2 atom stereocenters. The number of aliphatic carboxylic acids is 1. The Morgan fingerprint density at radius 1 is 1.10 bits per heavy atom. The van der Waals surface area contributed by atoms with E-state index in [-0.39, 0.29) is 24.8 Å². The predicted octanol–water partition coefficient (Wildman–Crippen LogP) is 5.46. The molecule has 4 rings (SSSR count). The Morgan fingerprint density at radius 3 is 2.29 bits per heavy atom. The summed E-state index contributed by atoms with van der Waals surface area (Å²) in [5.74, 6) is 0.0896. The molecule has 1 aromatic carbocycles. The highest BCUT2D eigenvalue weighted by molar-refractivity contribution is 5.85. The number of carbonyl (C=O) groups is 1. The number of hydrogen-bond acceptors (Lipinski definition) is 3. The molecule has 3 saturated carbocycles. The highest BCUT2D eigenvalue weighted by Crippen LogP contribution is 2.42. The fourth-order valence-corrected chi connectivity index (χ4v) is 5.20. The first kappa shape index (κ1) is 26.2. The minimum Gasteiger partial charge on any atom is -0.481 e. The molecule has 0 spiro atoms. The van der Waals surface area contributed by atoms with Crippen LogP contribution in [0.1, 0.15) is 70.3 Å². The third-order valence-electron chi connectivity index (χ3n) is 7.50. The van der Waals surface area contributed by atoms with Crippen molar-refractivity contribution >= 4 is 36.9 Å². The molecule has 3 aliphatic rings. The predicted molar refractivity (Wildman–Crippen MR) is 132 cm³/mol. The number of rotatable bonds is 9. The van der Waals surface area contributed by atoms with Gasteiger partial charge in [0.1, 0.15) is 0 Å². The van der Waals surface area contributed by atoms with Gasteiger partial charge in [-0.2, -0.15) is 0 Å². The molecule has 0 unspecified atom stereocenters. The minimum absolute atomic E-state index is 0. The molecule has 0 saturated heterocycles. The van der Waals surface area contributed by atoms with E-state index >= 15 is 0 Å². The summed E-state index contributed by atoms with van der Waals surface area (Å²) in [6.45, 7) is 2.92. The fraction of sp³-hybridized carbons (Fsp3) is 0.640. The van der Waals surface area contributed by atoms with Crippen LogP contribution in [0.4, 0.5) is 0 Å². The van der Waals surface area contributed by atoms with Gasteiger partial charge in [0.25, 0.3) is 0 Å². The van der Waals surface area contributed by atoms with Crippen molar-refractivity contribution in [2.45, 2.75) is 82.8 Å². The number of halogens is 2. The van der Waals surface area contributed by atoms with Crippen LogP contribution in [0.5, 0.6) is 0 Å². The van der Waals surface area contributed by atoms with Gasteiger partial charge in [0, 0.05) is 24.7 Å². The smallest absolute Gasteiger partial charge is 0.310 e. The second-order valence-electron chi connectivity index (χ2n) is 9.47. The maximum atomic E-state index is 11.5. The topological polar surface area (TPSA) is 61.4 Å². The number of hydrogen-bond donors (Lipinski definition) is 3. The fourth-order valence-electron chi connectivity index (χ4n) is 5.20. The number of carboxylic acids is 1. The van der Waals surface area contributed by atoms with Crippen molar-refractivity contribution in [1.82, 2.24) is 10.6 Å². The number of benzene rings is 1. The maximum Gasteiger partial charge on any atom is 0.310 e. The van der Waals surface area contributed by atoms with E-state index in [1.54, 1.807) is 5.57 Å². The zero-order valence-corrected chi connectivity index (χ0v) is 20.1. The molecule has 174 valence electrons. The molecule has 0 aromatic heterocycles. The summed E-state index contributed by atoms with van der Waals surface area (Å²) in [5.41, 5.74) is 2.41. The lowest BCUT2D eigenvalue weighted by Gasteiger charge is -2.40. The molecule has 3 N–H and O–H groups in total. The summed E-state index contributed by atoms with van der Waals surface area (Å²) < 4.78 is 0. The Hall–Kier alpha value is -1.07. The van der Waals surface area contributed by atoms with Gasteiger partial charge in [-0.15, -0.1) is 24.8 Å². The molecule has 31 heavy (non-hydrogen) atoms. The monoisotopic (exact) mass is 468 g/mol. The van der Waals surface area contributed by atoms with Gasteiger partial charge < -0.3 is 15.7 Å². The number of carboxylic acid groups (broad SMARTS) is 1.